The number of sulfonamides is 1. The zero-order valence-electron chi connectivity index (χ0n) is 24.8. The number of para-hydroxylation sites is 1. The van der Waals surface area contributed by atoms with Crippen molar-refractivity contribution in [3.63, 3.8) is 0 Å². The summed E-state index contributed by atoms with van der Waals surface area (Å²) in [4.78, 5) is 36.8. The molecule has 0 saturated heterocycles. The van der Waals surface area contributed by atoms with Crippen molar-refractivity contribution >= 4 is 33.8 Å². The van der Waals surface area contributed by atoms with Gasteiger partial charge >= 0.3 is 18.1 Å². The molecule has 2 aromatic rings. The van der Waals surface area contributed by atoms with Crippen LogP contribution in [0.4, 0.5) is 10.5 Å². The molecule has 0 fully saturated rings. The Kier molecular flexibility index (Phi) is 11.8. The molecule has 226 valence electrons. The number of terminal acetylenes is 1. The van der Waals surface area contributed by atoms with E-state index in [-0.39, 0.29) is 30.0 Å². The Bertz CT molecular complexity index is 1600. The van der Waals surface area contributed by atoms with Crippen LogP contribution in [0.2, 0.25) is 0 Å². The summed E-state index contributed by atoms with van der Waals surface area (Å²) in [5.41, 5.74) is -1.80. The van der Waals surface area contributed by atoms with Gasteiger partial charge in [-0.15, -0.1) is 12.3 Å². The first kappa shape index (κ1) is 34.3. The maximum absolute atomic E-state index is 13.9. The second-order valence-electron chi connectivity index (χ2n) is 9.63. The molecule has 0 saturated carbocycles. The van der Waals surface area contributed by atoms with Gasteiger partial charge in [0.25, 0.3) is 10.0 Å². The molecule has 0 unspecified atom stereocenters. The third kappa shape index (κ3) is 8.54. The topological polar surface area (TPSA) is 126 Å². The molecule has 11 heteroatoms. The average Bonchev–Trinajstić information content (AvgIpc) is 2.98. The highest BCUT2D eigenvalue weighted by Gasteiger charge is 2.47. The Morgan fingerprint density at radius 1 is 0.884 bits per heavy atom. The minimum atomic E-state index is -4.20. The number of esters is 2. The molecule has 0 atom stereocenters. The van der Waals surface area contributed by atoms with Gasteiger partial charge in [0.05, 0.1) is 38.5 Å². The summed E-state index contributed by atoms with van der Waals surface area (Å²) >= 11 is 0. The minimum absolute atomic E-state index is 0.00261. The average molecular weight is 608 g/mol. The molecule has 0 bridgehead atoms. The lowest BCUT2D eigenvalue weighted by atomic mass is 9.81. The summed E-state index contributed by atoms with van der Waals surface area (Å²) < 4.78 is 48.2. The molecule has 0 aromatic heterocycles. The number of aryl methyl sites for hydroxylation is 1. The number of methoxy groups -OCH3 is 3. The summed E-state index contributed by atoms with van der Waals surface area (Å²) in [6.45, 7) is 4.55. The highest BCUT2D eigenvalue weighted by atomic mass is 32.2. The molecule has 2 aromatic carbocycles. The van der Waals surface area contributed by atoms with Crippen molar-refractivity contribution < 1.29 is 41.7 Å². The van der Waals surface area contributed by atoms with Crippen molar-refractivity contribution in [2.45, 2.75) is 44.1 Å². The van der Waals surface area contributed by atoms with Crippen LogP contribution in [-0.2, 0) is 38.6 Å². The zero-order chi connectivity index (χ0) is 32.3. The van der Waals surface area contributed by atoms with Gasteiger partial charge in [-0.25, -0.2) is 13.2 Å². The van der Waals surface area contributed by atoms with Gasteiger partial charge in [-0.05, 0) is 45.0 Å². The highest BCUT2D eigenvalue weighted by Crippen LogP contribution is 2.30. The minimum Gasteiger partial charge on any atom is -0.468 e. The van der Waals surface area contributed by atoms with E-state index in [2.05, 4.69) is 34.3 Å². The molecule has 0 heterocycles. The summed E-state index contributed by atoms with van der Waals surface area (Å²) in [5.74, 6) is 11.6. The first-order valence-electron chi connectivity index (χ1n) is 12.8. The molecule has 0 radical (unpaired) electrons. The standard InChI is InChI=1S/C32H33NO9S/c1-8-20-32(28(34)39-5,29(35)40-6)21-11-12-23-33(43(37,38)26-17-15-24(2)16-18-26)27-14-10-9-13-25(27)19-22-31(3,4)42-30(36)41-7/h1,9-10,13-18H,20-21,23H2,2-7H3. The predicted octanol–water partition coefficient (Wildman–Crippen LogP) is 3.85. The van der Waals surface area contributed by atoms with Crippen LogP contribution in [0.3, 0.4) is 0 Å². The van der Waals surface area contributed by atoms with E-state index >= 15 is 0 Å². The number of carbonyl (C=O) groups excluding carboxylic acids is 3. The number of hydrogen-bond acceptors (Lipinski definition) is 9. The number of hydrogen-bond donors (Lipinski definition) is 0. The molecule has 0 aliphatic rings. The molecular weight excluding hydrogens is 574 g/mol. The number of benzene rings is 2. The van der Waals surface area contributed by atoms with E-state index in [0.717, 1.165) is 24.1 Å². The van der Waals surface area contributed by atoms with Gasteiger partial charge in [-0.2, -0.15) is 0 Å². The van der Waals surface area contributed by atoms with E-state index in [0.29, 0.717) is 5.56 Å². The van der Waals surface area contributed by atoms with E-state index in [9.17, 15) is 22.8 Å². The highest BCUT2D eigenvalue weighted by molar-refractivity contribution is 7.92. The van der Waals surface area contributed by atoms with Crippen molar-refractivity contribution in [2.24, 2.45) is 5.41 Å². The zero-order valence-corrected chi connectivity index (χ0v) is 25.7. The van der Waals surface area contributed by atoms with Crippen molar-refractivity contribution in [2.75, 3.05) is 32.2 Å². The number of nitrogens with zero attached hydrogens (tertiary/aromatic N) is 1. The van der Waals surface area contributed by atoms with E-state index in [1.54, 1.807) is 50.2 Å². The van der Waals surface area contributed by atoms with Crippen LogP contribution in [-0.4, -0.2) is 60.0 Å². The molecule has 0 N–H and O–H groups in total. The summed E-state index contributed by atoms with van der Waals surface area (Å²) in [6.07, 6.45) is 3.78. The number of rotatable bonds is 9. The van der Waals surface area contributed by atoms with Crippen LogP contribution in [0.1, 0.15) is 37.8 Å². The maximum Gasteiger partial charge on any atom is 0.509 e. The second-order valence-corrected chi connectivity index (χ2v) is 11.5. The van der Waals surface area contributed by atoms with Crippen LogP contribution in [0.5, 0.6) is 0 Å². The molecular formula is C32H33NO9S. The van der Waals surface area contributed by atoms with Gasteiger partial charge in [0.15, 0.2) is 11.0 Å². The number of carbonyl (C=O) groups is 3. The molecule has 0 amide bonds. The normalized spacial score (nSPS) is 10.9. The Labute approximate surface area is 252 Å². The fourth-order valence-electron chi connectivity index (χ4n) is 3.77. The molecule has 0 aliphatic carbocycles. The van der Waals surface area contributed by atoms with E-state index in [1.807, 2.05) is 6.92 Å². The van der Waals surface area contributed by atoms with Crippen molar-refractivity contribution in [3.05, 3.63) is 59.7 Å². The lowest BCUT2D eigenvalue weighted by Gasteiger charge is -2.25. The largest absolute Gasteiger partial charge is 0.509 e. The van der Waals surface area contributed by atoms with Crippen LogP contribution in [0.25, 0.3) is 0 Å². The SMILES string of the molecule is C#CCC(CC#CCN(c1ccccc1C#CC(C)(C)OC(=O)OC)S(=O)(=O)c1ccc(C)cc1)(C(=O)OC)C(=O)OC. The van der Waals surface area contributed by atoms with Crippen LogP contribution in [0, 0.1) is 48.4 Å². The second kappa shape index (κ2) is 14.8. The molecule has 10 nitrogen and oxygen atoms in total. The first-order valence-corrected chi connectivity index (χ1v) is 14.3. The van der Waals surface area contributed by atoms with Crippen LogP contribution in [0.15, 0.2) is 53.4 Å². The van der Waals surface area contributed by atoms with Gasteiger partial charge in [-0.3, -0.25) is 13.9 Å². The van der Waals surface area contributed by atoms with Gasteiger partial charge in [-0.1, -0.05) is 53.5 Å². The molecule has 0 aliphatic heterocycles. The van der Waals surface area contributed by atoms with Crippen molar-refractivity contribution in [3.8, 4) is 36.0 Å². The van der Waals surface area contributed by atoms with Gasteiger partial charge in [0.1, 0.15) is 0 Å². The summed E-state index contributed by atoms with van der Waals surface area (Å²) in [5, 5.41) is 0. The Morgan fingerprint density at radius 2 is 1.49 bits per heavy atom. The Morgan fingerprint density at radius 3 is 2.05 bits per heavy atom. The fourth-order valence-corrected chi connectivity index (χ4v) is 5.16. The van der Waals surface area contributed by atoms with Gasteiger partial charge < -0.3 is 18.9 Å². The molecule has 0 spiro atoms. The lowest BCUT2D eigenvalue weighted by molar-refractivity contribution is -0.168. The predicted molar refractivity (Wildman–Crippen MR) is 159 cm³/mol. The van der Waals surface area contributed by atoms with Gasteiger partial charge in [0.2, 0.25) is 0 Å². The van der Waals surface area contributed by atoms with Crippen LogP contribution < -0.4 is 4.31 Å². The molecule has 43 heavy (non-hydrogen) atoms. The third-order valence-electron chi connectivity index (χ3n) is 6.08. The van der Waals surface area contributed by atoms with Gasteiger partial charge in [0, 0.05) is 18.4 Å². The molecule has 2 rings (SSSR count). The Hall–Kier alpha value is -4.92. The lowest BCUT2D eigenvalue weighted by Crippen LogP contribution is -2.41. The number of anilines is 1. The third-order valence-corrected chi connectivity index (χ3v) is 7.85. The smallest absolute Gasteiger partial charge is 0.468 e. The fraction of sp³-hybridized carbons (Fsp3) is 0.344. The summed E-state index contributed by atoms with van der Waals surface area (Å²) in [6, 6.07) is 12.7. The number of ether oxygens (including phenoxy) is 4. The van der Waals surface area contributed by atoms with E-state index in [4.69, 9.17) is 20.6 Å². The van der Waals surface area contributed by atoms with Crippen LogP contribution >= 0.6 is 0 Å². The van der Waals surface area contributed by atoms with E-state index in [1.165, 1.54) is 19.2 Å². The Balaban J connectivity index is 2.65. The first-order chi connectivity index (χ1) is 20.3. The summed E-state index contributed by atoms with van der Waals surface area (Å²) in [7, 11) is -0.814. The monoisotopic (exact) mass is 607 g/mol. The van der Waals surface area contributed by atoms with Crippen molar-refractivity contribution in [1.82, 2.24) is 0 Å². The van der Waals surface area contributed by atoms with E-state index < -0.39 is 39.1 Å². The quantitative estimate of drug-likeness (QED) is 0.181. The maximum atomic E-state index is 13.9. The van der Waals surface area contributed by atoms with Crippen molar-refractivity contribution in [1.29, 1.82) is 0 Å².